The smallest absolute Gasteiger partial charge is 0.254 e. The lowest BCUT2D eigenvalue weighted by Crippen LogP contribution is -2.05. The molecule has 1 heterocycles. The second-order valence-electron chi connectivity index (χ2n) is 2.16. The third-order valence-corrected chi connectivity index (χ3v) is 1.78. The molecular weight excluding hydrogens is 193 g/mol. The number of aromatic nitrogens is 2. The van der Waals surface area contributed by atoms with Crippen LogP contribution in [0, 0.1) is 0 Å². The standard InChI is InChI=1S/C6H6ClF3N2/c1-2-12-5(7)4(3-11-12)6(8,9)10/h3H,2H2,1H3. The highest BCUT2D eigenvalue weighted by Gasteiger charge is 2.35. The van der Waals surface area contributed by atoms with Gasteiger partial charge in [0.2, 0.25) is 0 Å². The number of aryl methyl sites for hydroxylation is 1. The Hall–Kier alpha value is -0.710. The molecule has 0 N–H and O–H groups in total. The van der Waals surface area contributed by atoms with Crippen LogP contribution in [0.1, 0.15) is 12.5 Å². The largest absolute Gasteiger partial charge is 0.420 e. The quantitative estimate of drug-likeness (QED) is 0.678. The van der Waals surface area contributed by atoms with Gasteiger partial charge in [0.1, 0.15) is 10.7 Å². The van der Waals surface area contributed by atoms with Crippen LogP contribution in [0.2, 0.25) is 5.15 Å². The Morgan fingerprint density at radius 1 is 1.58 bits per heavy atom. The zero-order chi connectivity index (χ0) is 9.35. The predicted molar refractivity (Wildman–Crippen MR) is 37.9 cm³/mol. The minimum Gasteiger partial charge on any atom is -0.254 e. The first-order chi connectivity index (χ1) is 5.46. The van der Waals surface area contributed by atoms with Crippen LogP contribution in [-0.2, 0) is 12.7 Å². The zero-order valence-electron chi connectivity index (χ0n) is 6.19. The van der Waals surface area contributed by atoms with E-state index in [0.29, 0.717) is 6.54 Å². The maximum Gasteiger partial charge on any atom is 0.420 e. The molecule has 68 valence electrons. The van der Waals surface area contributed by atoms with Crippen molar-refractivity contribution in [2.24, 2.45) is 0 Å². The van der Waals surface area contributed by atoms with Crippen molar-refractivity contribution in [3.05, 3.63) is 16.9 Å². The summed E-state index contributed by atoms with van der Waals surface area (Å²) < 4.78 is 37.3. The zero-order valence-corrected chi connectivity index (χ0v) is 6.95. The van der Waals surface area contributed by atoms with E-state index in [2.05, 4.69) is 5.10 Å². The fourth-order valence-corrected chi connectivity index (χ4v) is 1.10. The molecule has 0 atom stereocenters. The van der Waals surface area contributed by atoms with Crippen molar-refractivity contribution < 1.29 is 13.2 Å². The highest BCUT2D eigenvalue weighted by molar-refractivity contribution is 6.30. The third-order valence-electron chi connectivity index (χ3n) is 1.38. The van der Waals surface area contributed by atoms with Gasteiger partial charge in [-0.2, -0.15) is 18.3 Å². The number of alkyl halides is 3. The van der Waals surface area contributed by atoms with Gasteiger partial charge in [0.05, 0.1) is 6.20 Å². The van der Waals surface area contributed by atoms with E-state index < -0.39 is 11.7 Å². The van der Waals surface area contributed by atoms with Crippen LogP contribution < -0.4 is 0 Å². The van der Waals surface area contributed by atoms with Crippen molar-refractivity contribution in [1.29, 1.82) is 0 Å². The van der Waals surface area contributed by atoms with Gasteiger partial charge in [0, 0.05) is 6.54 Å². The van der Waals surface area contributed by atoms with Gasteiger partial charge in [-0.15, -0.1) is 0 Å². The van der Waals surface area contributed by atoms with Crippen molar-refractivity contribution >= 4 is 11.6 Å². The SMILES string of the molecule is CCn1ncc(C(F)(F)F)c1Cl. The molecular formula is C6H6ClF3N2. The van der Waals surface area contributed by atoms with Crippen LogP contribution in [0.15, 0.2) is 6.20 Å². The molecule has 0 radical (unpaired) electrons. The Bertz CT molecular complexity index is 279. The second kappa shape index (κ2) is 2.97. The summed E-state index contributed by atoms with van der Waals surface area (Å²) in [6, 6.07) is 0. The van der Waals surface area contributed by atoms with E-state index in [1.165, 1.54) is 0 Å². The topological polar surface area (TPSA) is 17.8 Å². The molecule has 6 heteroatoms. The summed E-state index contributed by atoms with van der Waals surface area (Å²) in [5.74, 6) is 0. The Kier molecular flexibility index (Phi) is 2.32. The molecule has 2 nitrogen and oxygen atoms in total. The molecule has 0 spiro atoms. The fourth-order valence-electron chi connectivity index (χ4n) is 0.781. The highest BCUT2D eigenvalue weighted by Crippen LogP contribution is 2.34. The molecule has 0 amide bonds. The van der Waals surface area contributed by atoms with Gasteiger partial charge in [-0.25, -0.2) is 0 Å². The maximum atomic E-state index is 12.1. The van der Waals surface area contributed by atoms with Gasteiger partial charge in [-0.3, -0.25) is 4.68 Å². The third kappa shape index (κ3) is 1.55. The second-order valence-corrected chi connectivity index (χ2v) is 2.52. The van der Waals surface area contributed by atoms with Crippen molar-refractivity contribution in [2.75, 3.05) is 0 Å². The van der Waals surface area contributed by atoms with Crippen molar-refractivity contribution in [2.45, 2.75) is 19.6 Å². The highest BCUT2D eigenvalue weighted by atomic mass is 35.5. The Morgan fingerprint density at radius 2 is 2.17 bits per heavy atom. The molecule has 0 saturated heterocycles. The molecule has 0 unspecified atom stereocenters. The minimum atomic E-state index is -4.41. The van der Waals surface area contributed by atoms with E-state index >= 15 is 0 Å². The first-order valence-electron chi connectivity index (χ1n) is 3.25. The van der Waals surface area contributed by atoms with Crippen molar-refractivity contribution in [1.82, 2.24) is 9.78 Å². The first kappa shape index (κ1) is 9.38. The fraction of sp³-hybridized carbons (Fsp3) is 0.500. The molecule has 0 aliphatic rings. The molecule has 0 aliphatic heterocycles. The number of halogens is 4. The molecule has 12 heavy (non-hydrogen) atoms. The average Bonchev–Trinajstić information content (AvgIpc) is 2.29. The molecule has 0 saturated carbocycles. The molecule has 0 bridgehead atoms. The van der Waals surface area contributed by atoms with Gasteiger partial charge in [0.25, 0.3) is 0 Å². The number of rotatable bonds is 1. The van der Waals surface area contributed by atoms with E-state index in [9.17, 15) is 13.2 Å². The van der Waals surface area contributed by atoms with E-state index in [1.807, 2.05) is 0 Å². The Balaban J connectivity index is 3.11. The van der Waals surface area contributed by atoms with Crippen LogP contribution in [0.4, 0.5) is 13.2 Å². The van der Waals surface area contributed by atoms with E-state index in [1.54, 1.807) is 6.92 Å². The van der Waals surface area contributed by atoms with Crippen molar-refractivity contribution in [3.8, 4) is 0 Å². The first-order valence-corrected chi connectivity index (χ1v) is 3.63. The Morgan fingerprint density at radius 3 is 2.42 bits per heavy atom. The van der Waals surface area contributed by atoms with Gasteiger partial charge >= 0.3 is 6.18 Å². The van der Waals surface area contributed by atoms with Crippen LogP contribution >= 0.6 is 11.6 Å². The van der Waals surface area contributed by atoms with Gasteiger partial charge in [0.15, 0.2) is 0 Å². The summed E-state index contributed by atoms with van der Waals surface area (Å²) >= 11 is 5.39. The van der Waals surface area contributed by atoms with Gasteiger partial charge in [-0.1, -0.05) is 11.6 Å². The average molecular weight is 199 g/mol. The number of hydrogen-bond acceptors (Lipinski definition) is 1. The lowest BCUT2D eigenvalue weighted by Gasteiger charge is -2.03. The van der Waals surface area contributed by atoms with E-state index in [-0.39, 0.29) is 5.15 Å². The summed E-state index contributed by atoms with van der Waals surface area (Å²) in [5, 5.41) is 3.11. The molecule has 0 aliphatic carbocycles. The molecule has 0 fully saturated rings. The summed E-state index contributed by atoms with van der Waals surface area (Å²) in [6.45, 7) is 1.99. The monoisotopic (exact) mass is 198 g/mol. The lowest BCUT2D eigenvalue weighted by atomic mass is 10.3. The summed E-state index contributed by atoms with van der Waals surface area (Å²) in [4.78, 5) is 0. The van der Waals surface area contributed by atoms with Crippen molar-refractivity contribution in [3.63, 3.8) is 0 Å². The van der Waals surface area contributed by atoms with Crippen LogP contribution in [0.3, 0.4) is 0 Å². The summed E-state index contributed by atoms with van der Waals surface area (Å²) in [7, 11) is 0. The predicted octanol–water partition coefficient (Wildman–Crippen LogP) is 2.58. The summed E-state index contributed by atoms with van der Waals surface area (Å²) in [6.07, 6.45) is -3.68. The maximum absolute atomic E-state index is 12.1. The number of hydrogen-bond donors (Lipinski definition) is 0. The summed E-state index contributed by atoms with van der Waals surface area (Å²) in [5.41, 5.74) is -0.883. The molecule has 1 aromatic heterocycles. The Labute approximate surface area is 71.9 Å². The van der Waals surface area contributed by atoms with E-state index in [0.717, 1.165) is 10.9 Å². The molecule has 0 aromatic carbocycles. The van der Waals surface area contributed by atoms with Crippen LogP contribution in [-0.4, -0.2) is 9.78 Å². The van der Waals surface area contributed by atoms with Crippen LogP contribution in [0.25, 0.3) is 0 Å². The van der Waals surface area contributed by atoms with Gasteiger partial charge in [-0.05, 0) is 6.92 Å². The minimum absolute atomic E-state index is 0.328. The molecule has 1 rings (SSSR count). The van der Waals surface area contributed by atoms with Crippen LogP contribution in [0.5, 0.6) is 0 Å². The van der Waals surface area contributed by atoms with E-state index in [4.69, 9.17) is 11.6 Å². The number of nitrogens with zero attached hydrogens (tertiary/aromatic N) is 2. The molecule has 1 aromatic rings. The van der Waals surface area contributed by atoms with Gasteiger partial charge < -0.3 is 0 Å². The normalized spacial score (nSPS) is 12.1. The lowest BCUT2D eigenvalue weighted by molar-refractivity contribution is -0.137.